The van der Waals surface area contributed by atoms with Crippen LogP contribution in [0.4, 0.5) is 0 Å². The van der Waals surface area contributed by atoms with Crippen molar-refractivity contribution in [2.24, 2.45) is 17.3 Å². The molecule has 2 heteroatoms. The maximum absolute atomic E-state index is 5.88. The van der Waals surface area contributed by atoms with Gasteiger partial charge in [0.2, 0.25) is 0 Å². The molecule has 2 aliphatic rings. The van der Waals surface area contributed by atoms with Crippen LogP contribution in [0.3, 0.4) is 0 Å². The predicted octanol–water partition coefficient (Wildman–Crippen LogP) is 4.60. The first kappa shape index (κ1) is 15.9. The Kier molecular flexibility index (Phi) is 5.07. The number of nitrogens with zero attached hydrogens (tertiary/aromatic N) is 1. The molecule has 3 rings (SSSR count). The van der Waals surface area contributed by atoms with Gasteiger partial charge in [0.25, 0.3) is 0 Å². The van der Waals surface area contributed by atoms with E-state index < -0.39 is 0 Å². The van der Waals surface area contributed by atoms with Gasteiger partial charge in [-0.05, 0) is 68.2 Å². The molecule has 22 heavy (non-hydrogen) atoms. The van der Waals surface area contributed by atoms with Crippen molar-refractivity contribution < 1.29 is 4.74 Å². The van der Waals surface area contributed by atoms with Gasteiger partial charge in [-0.25, -0.2) is 0 Å². The summed E-state index contributed by atoms with van der Waals surface area (Å²) < 4.78 is 5.88. The standard InChI is InChI=1S/C20H31NO/c1-20(2)17(11-14-22-19-9-5-3-6-10-19)15-18(20)16-21-12-7-4-8-13-21/h3,5-6,9-10,17-18H,4,7-8,11-16H2,1-2H3/t17-,18-/m0/s1. The topological polar surface area (TPSA) is 12.5 Å². The summed E-state index contributed by atoms with van der Waals surface area (Å²) >= 11 is 0. The average Bonchev–Trinajstić information content (AvgIpc) is 2.55. The first-order valence-corrected chi connectivity index (χ1v) is 9.06. The Morgan fingerprint density at radius 2 is 1.77 bits per heavy atom. The maximum atomic E-state index is 5.88. The molecule has 0 aromatic heterocycles. The van der Waals surface area contributed by atoms with Crippen LogP contribution in [0, 0.1) is 17.3 Å². The van der Waals surface area contributed by atoms with E-state index in [0.29, 0.717) is 5.41 Å². The second-order valence-corrected chi connectivity index (χ2v) is 7.76. The van der Waals surface area contributed by atoms with Crippen molar-refractivity contribution >= 4 is 0 Å². The minimum Gasteiger partial charge on any atom is -0.494 e. The van der Waals surface area contributed by atoms with Crippen LogP contribution in [0.25, 0.3) is 0 Å². The molecule has 1 aliphatic carbocycles. The van der Waals surface area contributed by atoms with E-state index in [1.165, 1.54) is 51.7 Å². The van der Waals surface area contributed by atoms with Gasteiger partial charge in [0.05, 0.1) is 6.61 Å². The van der Waals surface area contributed by atoms with Crippen molar-refractivity contribution in [3.8, 4) is 5.75 Å². The van der Waals surface area contributed by atoms with E-state index in [-0.39, 0.29) is 0 Å². The fourth-order valence-electron chi connectivity index (χ4n) is 4.21. The van der Waals surface area contributed by atoms with E-state index in [0.717, 1.165) is 24.2 Å². The van der Waals surface area contributed by atoms with Crippen LogP contribution in [0.1, 0.15) is 46.0 Å². The molecular weight excluding hydrogens is 270 g/mol. The minimum absolute atomic E-state index is 0.484. The highest BCUT2D eigenvalue weighted by Gasteiger charge is 2.47. The lowest BCUT2D eigenvalue weighted by Crippen LogP contribution is -2.51. The maximum Gasteiger partial charge on any atom is 0.119 e. The third-order valence-electron chi connectivity index (χ3n) is 6.08. The average molecular weight is 301 g/mol. The smallest absolute Gasteiger partial charge is 0.119 e. The summed E-state index contributed by atoms with van der Waals surface area (Å²) in [6.07, 6.45) is 6.83. The second kappa shape index (κ2) is 7.04. The highest BCUT2D eigenvalue weighted by atomic mass is 16.5. The highest BCUT2D eigenvalue weighted by molar-refractivity contribution is 5.20. The molecule has 0 unspecified atom stereocenters. The molecule has 0 amide bonds. The van der Waals surface area contributed by atoms with Gasteiger partial charge in [-0.1, -0.05) is 38.5 Å². The van der Waals surface area contributed by atoms with Crippen LogP contribution < -0.4 is 4.74 Å². The summed E-state index contributed by atoms with van der Waals surface area (Å²) in [5.74, 6) is 2.71. The van der Waals surface area contributed by atoms with Crippen LogP contribution in [0.15, 0.2) is 30.3 Å². The molecule has 1 saturated heterocycles. The molecule has 1 aliphatic heterocycles. The number of ether oxygens (including phenoxy) is 1. The Morgan fingerprint density at radius 1 is 1.05 bits per heavy atom. The third kappa shape index (κ3) is 3.65. The van der Waals surface area contributed by atoms with E-state index in [4.69, 9.17) is 4.74 Å². The third-order valence-corrected chi connectivity index (χ3v) is 6.08. The molecule has 0 bridgehead atoms. The lowest BCUT2D eigenvalue weighted by molar-refractivity contribution is -0.0514. The number of rotatable bonds is 6. The van der Waals surface area contributed by atoms with Crippen LogP contribution >= 0.6 is 0 Å². The quantitative estimate of drug-likeness (QED) is 0.761. The number of benzene rings is 1. The molecule has 122 valence electrons. The SMILES string of the molecule is CC1(C)[C@@H](CCOc2ccccc2)C[C@H]1CN1CCCCC1. The zero-order valence-corrected chi connectivity index (χ0v) is 14.3. The van der Waals surface area contributed by atoms with Crippen LogP contribution in [-0.2, 0) is 0 Å². The van der Waals surface area contributed by atoms with E-state index in [9.17, 15) is 0 Å². The molecule has 0 spiro atoms. The van der Waals surface area contributed by atoms with Gasteiger partial charge in [0.15, 0.2) is 0 Å². The zero-order valence-electron chi connectivity index (χ0n) is 14.3. The predicted molar refractivity (Wildman–Crippen MR) is 92.2 cm³/mol. The fraction of sp³-hybridized carbons (Fsp3) is 0.700. The van der Waals surface area contributed by atoms with Gasteiger partial charge in [0, 0.05) is 6.54 Å². The Labute approximate surface area is 135 Å². The number of likely N-dealkylation sites (tertiary alicyclic amines) is 1. The second-order valence-electron chi connectivity index (χ2n) is 7.76. The first-order chi connectivity index (χ1) is 10.7. The summed E-state index contributed by atoms with van der Waals surface area (Å²) in [6.45, 7) is 9.77. The Balaban J connectivity index is 1.40. The van der Waals surface area contributed by atoms with Crippen LogP contribution in [0.5, 0.6) is 5.75 Å². The number of para-hydroxylation sites is 1. The Morgan fingerprint density at radius 3 is 2.45 bits per heavy atom. The molecular formula is C20H31NO. The van der Waals surface area contributed by atoms with Crippen molar-refractivity contribution in [3.63, 3.8) is 0 Å². The lowest BCUT2D eigenvalue weighted by atomic mass is 9.53. The molecule has 1 saturated carbocycles. The highest BCUT2D eigenvalue weighted by Crippen LogP contribution is 2.53. The molecule has 2 atom stereocenters. The van der Waals surface area contributed by atoms with E-state index in [1.807, 2.05) is 30.3 Å². The van der Waals surface area contributed by atoms with E-state index >= 15 is 0 Å². The van der Waals surface area contributed by atoms with Gasteiger partial charge in [0.1, 0.15) is 5.75 Å². The van der Waals surface area contributed by atoms with E-state index in [1.54, 1.807) is 0 Å². The largest absolute Gasteiger partial charge is 0.494 e. The summed E-state index contributed by atoms with van der Waals surface area (Å²) in [5, 5.41) is 0. The summed E-state index contributed by atoms with van der Waals surface area (Å²) in [6, 6.07) is 10.2. The van der Waals surface area contributed by atoms with Crippen LogP contribution in [0.2, 0.25) is 0 Å². The molecule has 1 heterocycles. The summed E-state index contributed by atoms with van der Waals surface area (Å²) in [5.41, 5.74) is 0.484. The number of hydrogen-bond acceptors (Lipinski definition) is 2. The normalized spacial score (nSPS) is 28.1. The monoisotopic (exact) mass is 301 g/mol. The summed E-state index contributed by atoms with van der Waals surface area (Å²) in [4.78, 5) is 2.70. The molecule has 1 aromatic carbocycles. The van der Waals surface area contributed by atoms with Crippen LogP contribution in [-0.4, -0.2) is 31.1 Å². The molecule has 1 aromatic rings. The molecule has 2 fully saturated rings. The molecule has 0 radical (unpaired) electrons. The Hall–Kier alpha value is -1.02. The van der Waals surface area contributed by atoms with Gasteiger partial charge in [-0.3, -0.25) is 0 Å². The van der Waals surface area contributed by atoms with Crippen molar-refractivity contribution in [2.45, 2.75) is 46.0 Å². The first-order valence-electron chi connectivity index (χ1n) is 9.06. The zero-order chi connectivity index (χ0) is 15.4. The van der Waals surface area contributed by atoms with Crippen molar-refractivity contribution in [3.05, 3.63) is 30.3 Å². The van der Waals surface area contributed by atoms with Crippen molar-refractivity contribution in [2.75, 3.05) is 26.2 Å². The van der Waals surface area contributed by atoms with E-state index in [2.05, 4.69) is 18.7 Å². The number of hydrogen-bond donors (Lipinski definition) is 0. The van der Waals surface area contributed by atoms with Gasteiger partial charge < -0.3 is 9.64 Å². The van der Waals surface area contributed by atoms with Crippen molar-refractivity contribution in [1.29, 1.82) is 0 Å². The van der Waals surface area contributed by atoms with Gasteiger partial charge in [-0.15, -0.1) is 0 Å². The van der Waals surface area contributed by atoms with Crippen molar-refractivity contribution in [1.82, 2.24) is 4.90 Å². The molecule has 0 N–H and O–H groups in total. The fourth-order valence-corrected chi connectivity index (χ4v) is 4.21. The Bertz CT molecular complexity index is 450. The summed E-state index contributed by atoms with van der Waals surface area (Å²) in [7, 11) is 0. The lowest BCUT2D eigenvalue weighted by Gasteiger charge is -2.54. The number of piperidine rings is 1. The van der Waals surface area contributed by atoms with Gasteiger partial charge >= 0.3 is 0 Å². The molecule has 2 nitrogen and oxygen atoms in total. The minimum atomic E-state index is 0.484. The van der Waals surface area contributed by atoms with Gasteiger partial charge in [-0.2, -0.15) is 0 Å².